The molecule has 1 aliphatic heterocycles. The molecule has 212 valence electrons. The van der Waals surface area contributed by atoms with Gasteiger partial charge in [0.2, 0.25) is 12.3 Å². The van der Waals surface area contributed by atoms with Crippen molar-refractivity contribution in [1.29, 1.82) is 0 Å². The van der Waals surface area contributed by atoms with Crippen LogP contribution in [0.5, 0.6) is 0 Å². The lowest BCUT2D eigenvalue weighted by Crippen LogP contribution is -2.45. The molecule has 2 amide bonds. The van der Waals surface area contributed by atoms with E-state index in [1.807, 2.05) is 37.3 Å². The highest BCUT2D eigenvalue weighted by Crippen LogP contribution is 2.35. The van der Waals surface area contributed by atoms with Crippen LogP contribution in [0.3, 0.4) is 0 Å². The van der Waals surface area contributed by atoms with Crippen LogP contribution in [0.25, 0.3) is 10.8 Å². The van der Waals surface area contributed by atoms with Gasteiger partial charge in [0.1, 0.15) is 18.1 Å². The van der Waals surface area contributed by atoms with Crippen molar-refractivity contribution in [3.63, 3.8) is 0 Å². The summed E-state index contributed by atoms with van der Waals surface area (Å²) in [6.45, 7) is 4.35. The largest absolute Gasteiger partial charge is 0.394 e. The number of rotatable bonds is 12. The number of benzene rings is 3. The number of aldehydes is 1. The van der Waals surface area contributed by atoms with E-state index in [0.29, 0.717) is 50.4 Å². The highest BCUT2D eigenvalue weighted by atomic mass is 19.1. The Kier molecular flexibility index (Phi) is 9.98. The van der Waals surface area contributed by atoms with E-state index in [2.05, 4.69) is 10.2 Å². The summed E-state index contributed by atoms with van der Waals surface area (Å²) in [5.41, 5.74) is 3.56. The fraction of sp³-hybridized carbons (Fsp3) is 0.387. The van der Waals surface area contributed by atoms with E-state index < -0.39 is 6.04 Å². The van der Waals surface area contributed by atoms with Crippen LogP contribution >= 0.6 is 0 Å². The molecule has 40 heavy (non-hydrogen) atoms. The van der Waals surface area contributed by atoms with E-state index in [4.69, 9.17) is 4.74 Å². The van der Waals surface area contributed by atoms with E-state index in [0.717, 1.165) is 33.7 Å². The van der Waals surface area contributed by atoms with Crippen molar-refractivity contribution in [3.8, 4) is 0 Å². The number of likely N-dealkylation sites (N-methyl/N-ethyl adjacent to an activating group) is 1. The van der Waals surface area contributed by atoms with Crippen molar-refractivity contribution in [2.75, 3.05) is 44.9 Å². The molecule has 0 aromatic heterocycles. The maximum Gasteiger partial charge on any atom is 0.242 e. The Morgan fingerprint density at radius 3 is 2.55 bits per heavy atom. The monoisotopic (exact) mass is 549 g/mol. The Bertz CT molecular complexity index is 1360. The van der Waals surface area contributed by atoms with Crippen molar-refractivity contribution >= 4 is 35.1 Å². The van der Waals surface area contributed by atoms with Crippen LogP contribution < -0.4 is 10.2 Å². The van der Waals surface area contributed by atoms with Crippen molar-refractivity contribution in [3.05, 3.63) is 76.6 Å². The Balaban J connectivity index is 1.69. The van der Waals surface area contributed by atoms with E-state index in [9.17, 15) is 19.5 Å². The maximum absolute atomic E-state index is 15.4. The van der Waals surface area contributed by atoms with Gasteiger partial charge in [-0.3, -0.25) is 14.5 Å². The molecular weight excluding hydrogens is 513 g/mol. The number of halogens is 1. The Hall–Kier alpha value is -3.66. The first kappa shape index (κ1) is 29.3. The Labute approximate surface area is 233 Å². The lowest BCUT2D eigenvalue weighted by atomic mass is 9.93. The Morgan fingerprint density at radius 2 is 1.90 bits per heavy atom. The van der Waals surface area contributed by atoms with Crippen LogP contribution in [-0.2, 0) is 25.5 Å². The van der Waals surface area contributed by atoms with Gasteiger partial charge in [0.25, 0.3) is 0 Å². The van der Waals surface area contributed by atoms with Gasteiger partial charge in [-0.25, -0.2) is 4.39 Å². The second-order valence-electron chi connectivity index (χ2n) is 10.0. The Morgan fingerprint density at radius 1 is 1.15 bits per heavy atom. The zero-order valence-corrected chi connectivity index (χ0v) is 22.9. The molecule has 2 unspecified atom stereocenters. The second kappa shape index (κ2) is 13.6. The minimum Gasteiger partial charge on any atom is -0.394 e. The van der Waals surface area contributed by atoms with Crippen molar-refractivity contribution in [2.24, 2.45) is 0 Å². The van der Waals surface area contributed by atoms with Crippen LogP contribution in [-0.4, -0.2) is 74.6 Å². The number of hydrogen-bond donors (Lipinski definition) is 2. The average Bonchev–Trinajstić information content (AvgIpc) is 2.97. The van der Waals surface area contributed by atoms with E-state index in [1.165, 1.54) is 18.0 Å². The quantitative estimate of drug-likeness (QED) is 0.337. The minimum atomic E-state index is -0.850. The van der Waals surface area contributed by atoms with Crippen molar-refractivity contribution in [1.82, 2.24) is 10.2 Å². The lowest BCUT2D eigenvalue weighted by Gasteiger charge is -2.33. The molecule has 1 aliphatic rings. The third-order valence-corrected chi connectivity index (χ3v) is 7.65. The first-order valence-corrected chi connectivity index (χ1v) is 13.5. The lowest BCUT2D eigenvalue weighted by molar-refractivity contribution is -0.123. The van der Waals surface area contributed by atoms with E-state index in [-0.39, 0.29) is 37.2 Å². The summed E-state index contributed by atoms with van der Waals surface area (Å²) in [4.78, 5) is 39.5. The number of carbonyl (C=O) groups is 3. The van der Waals surface area contributed by atoms with Gasteiger partial charge in [-0.05, 0) is 53.1 Å². The summed E-state index contributed by atoms with van der Waals surface area (Å²) in [5, 5.41) is 14.2. The third kappa shape index (κ3) is 6.22. The third-order valence-electron chi connectivity index (χ3n) is 7.65. The number of aliphatic hydroxyl groups is 1. The van der Waals surface area contributed by atoms with Crippen LogP contribution in [0.1, 0.15) is 41.1 Å². The fourth-order valence-corrected chi connectivity index (χ4v) is 5.52. The van der Waals surface area contributed by atoms with Crippen LogP contribution in [0.15, 0.2) is 48.5 Å². The number of aliphatic hydroxyl groups excluding tert-OH is 1. The number of nitrogens with one attached hydrogen (secondary N) is 1. The molecule has 2 atom stereocenters. The second-order valence-corrected chi connectivity index (χ2v) is 10.0. The molecule has 3 aromatic carbocycles. The predicted octanol–water partition coefficient (Wildman–Crippen LogP) is 3.30. The van der Waals surface area contributed by atoms with Crippen molar-refractivity contribution < 1.29 is 28.6 Å². The smallest absolute Gasteiger partial charge is 0.242 e. The van der Waals surface area contributed by atoms with Crippen LogP contribution in [0.2, 0.25) is 0 Å². The molecule has 1 saturated heterocycles. The summed E-state index contributed by atoms with van der Waals surface area (Å²) < 4.78 is 20.8. The molecule has 1 fully saturated rings. The van der Waals surface area contributed by atoms with Gasteiger partial charge < -0.3 is 24.9 Å². The molecule has 0 radical (unpaired) electrons. The first-order valence-electron chi connectivity index (χ1n) is 13.5. The van der Waals surface area contributed by atoms with Crippen LogP contribution in [0, 0.1) is 12.7 Å². The molecule has 0 saturated carbocycles. The van der Waals surface area contributed by atoms with Gasteiger partial charge in [0.05, 0.1) is 31.5 Å². The number of hydrogen-bond acceptors (Lipinski definition) is 6. The SMILES string of the molecule is CNC(=O)C(CCC=O)N(C=O)c1ccc(Cc2ccc(C(CO)N3CCOCC3)cc2F)c2cccc(C)c12. The first-order chi connectivity index (χ1) is 19.4. The predicted molar refractivity (Wildman–Crippen MR) is 152 cm³/mol. The molecular formula is C31H36FN3O5. The molecule has 0 bridgehead atoms. The number of nitrogens with zero attached hydrogens (tertiary/aromatic N) is 2. The summed E-state index contributed by atoms with van der Waals surface area (Å²) in [7, 11) is 1.50. The summed E-state index contributed by atoms with van der Waals surface area (Å²) in [6, 6.07) is 13.4. The summed E-state index contributed by atoms with van der Waals surface area (Å²) in [6.07, 6.45) is 1.99. The zero-order valence-electron chi connectivity index (χ0n) is 22.9. The molecule has 9 heteroatoms. The molecule has 3 aromatic rings. The van der Waals surface area contributed by atoms with Gasteiger partial charge in [0, 0.05) is 38.4 Å². The standard InChI is InChI=1S/C31H36FN3O5/c1-21-5-3-6-25-22(10-11-27(30(21)25)35(20-38)28(7-4-14-36)31(39)33-2)17-23-8-9-24(18-26(23)32)29(19-37)34-12-15-40-16-13-34/h3,5-6,8-11,14,18,20,28-29,37H,4,7,12-13,15-17,19H2,1-2H3,(H,33,39). The van der Waals surface area contributed by atoms with E-state index in [1.54, 1.807) is 12.1 Å². The van der Waals surface area contributed by atoms with Gasteiger partial charge in [-0.15, -0.1) is 0 Å². The zero-order chi connectivity index (χ0) is 28.6. The number of anilines is 1. The number of ether oxygens (including phenoxy) is 1. The van der Waals surface area contributed by atoms with Gasteiger partial charge in [0.15, 0.2) is 0 Å². The highest BCUT2D eigenvalue weighted by Gasteiger charge is 2.27. The average molecular weight is 550 g/mol. The number of aryl methyl sites for hydroxylation is 1. The minimum absolute atomic E-state index is 0.110. The molecule has 0 spiro atoms. The normalized spacial score (nSPS) is 15.4. The number of fused-ring (bicyclic) bond motifs is 1. The van der Waals surface area contributed by atoms with Crippen molar-refractivity contribution in [2.45, 2.75) is 38.3 Å². The molecule has 8 nitrogen and oxygen atoms in total. The summed E-state index contributed by atoms with van der Waals surface area (Å²) >= 11 is 0. The number of carbonyl (C=O) groups excluding carboxylic acids is 3. The topological polar surface area (TPSA) is 99.2 Å². The van der Waals surface area contributed by atoms with E-state index >= 15 is 4.39 Å². The maximum atomic E-state index is 15.4. The molecule has 2 N–H and O–H groups in total. The molecule has 1 heterocycles. The number of amides is 2. The number of morpholine rings is 1. The fourth-order valence-electron chi connectivity index (χ4n) is 5.52. The van der Waals surface area contributed by atoms with Crippen LogP contribution in [0.4, 0.5) is 10.1 Å². The molecule has 4 rings (SSSR count). The molecule has 0 aliphatic carbocycles. The van der Waals surface area contributed by atoms with Gasteiger partial charge in [-0.2, -0.15) is 0 Å². The van der Waals surface area contributed by atoms with Gasteiger partial charge in [-0.1, -0.05) is 36.4 Å². The van der Waals surface area contributed by atoms with Gasteiger partial charge >= 0.3 is 0 Å². The highest BCUT2D eigenvalue weighted by molar-refractivity contribution is 6.04. The summed E-state index contributed by atoms with van der Waals surface area (Å²) in [5.74, 6) is -0.711.